The highest BCUT2D eigenvalue weighted by molar-refractivity contribution is 7.11. The molecule has 0 spiro atoms. The Morgan fingerprint density at radius 2 is 1.94 bits per heavy atom. The molecule has 1 unspecified atom stereocenters. The standard InChI is InChI=1S/C13H13NO3S/c15-11(9-4-2-1-3-5-9)10-8-14-12(18-10)13-16-6-7-17-13/h1-5,8,11,13,15H,6-7H2. The molecule has 0 bridgehead atoms. The highest BCUT2D eigenvalue weighted by atomic mass is 32.1. The van der Waals surface area contributed by atoms with Crippen molar-refractivity contribution < 1.29 is 14.6 Å². The highest BCUT2D eigenvalue weighted by Crippen LogP contribution is 2.32. The topological polar surface area (TPSA) is 51.6 Å². The molecule has 0 aliphatic carbocycles. The van der Waals surface area contributed by atoms with Crippen LogP contribution in [0.2, 0.25) is 0 Å². The van der Waals surface area contributed by atoms with Crippen LogP contribution in [0.1, 0.15) is 27.8 Å². The van der Waals surface area contributed by atoms with E-state index in [9.17, 15) is 5.11 Å². The van der Waals surface area contributed by atoms with E-state index in [-0.39, 0.29) is 6.29 Å². The minimum atomic E-state index is -0.640. The second-order valence-electron chi connectivity index (χ2n) is 3.99. The van der Waals surface area contributed by atoms with Crippen LogP contribution < -0.4 is 0 Å². The predicted octanol–water partition coefficient (Wildman–Crippen LogP) is 2.27. The number of aliphatic hydroxyl groups is 1. The molecule has 4 nitrogen and oxygen atoms in total. The van der Waals surface area contributed by atoms with E-state index in [0.717, 1.165) is 15.4 Å². The van der Waals surface area contributed by atoms with Crippen LogP contribution in [0.3, 0.4) is 0 Å². The summed E-state index contributed by atoms with van der Waals surface area (Å²) in [6, 6.07) is 9.53. The summed E-state index contributed by atoms with van der Waals surface area (Å²) in [6.07, 6.45) is 0.675. The normalized spacial score (nSPS) is 18.1. The molecule has 2 aromatic rings. The van der Waals surface area contributed by atoms with E-state index in [0.29, 0.717) is 13.2 Å². The lowest BCUT2D eigenvalue weighted by Crippen LogP contribution is -1.96. The van der Waals surface area contributed by atoms with Gasteiger partial charge in [-0.2, -0.15) is 0 Å². The minimum absolute atomic E-state index is 0.369. The van der Waals surface area contributed by atoms with Crippen LogP contribution in [-0.2, 0) is 9.47 Å². The van der Waals surface area contributed by atoms with Gasteiger partial charge >= 0.3 is 0 Å². The van der Waals surface area contributed by atoms with Crippen LogP contribution in [0.5, 0.6) is 0 Å². The van der Waals surface area contributed by atoms with Gasteiger partial charge in [-0.05, 0) is 5.56 Å². The molecular formula is C13H13NO3S. The Hall–Kier alpha value is -1.27. The van der Waals surface area contributed by atoms with Gasteiger partial charge in [0.2, 0.25) is 6.29 Å². The van der Waals surface area contributed by atoms with E-state index in [1.54, 1.807) is 6.20 Å². The average Bonchev–Trinajstić information content (AvgIpc) is 3.09. The van der Waals surface area contributed by atoms with Gasteiger partial charge in [0.15, 0.2) is 0 Å². The van der Waals surface area contributed by atoms with Gasteiger partial charge in [-0.3, -0.25) is 0 Å². The first kappa shape index (κ1) is 11.8. The van der Waals surface area contributed by atoms with E-state index in [1.807, 2.05) is 30.3 Å². The fourth-order valence-electron chi connectivity index (χ4n) is 1.84. The summed E-state index contributed by atoms with van der Waals surface area (Å²) >= 11 is 1.42. The molecule has 0 saturated carbocycles. The van der Waals surface area contributed by atoms with E-state index < -0.39 is 6.10 Å². The van der Waals surface area contributed by atoms with Crippen molar-refractivity contribution in [3.05, 3.63) is 52.0 Å². The number of aliphatic hydroxyl groups excluding tert-OH is 1. The molecule has 0 radical (unpaired) electrons. The van der Waals surface area contributed by atoms with Crippen molar-refractivity contribution >= 4 is 11.3 Å². The number of thiazole rings is 1. The molecule has 1 aliphatic heterocycles. The van der Waals surface area contributed by atoms with Crippen molar-refractivity contribution in [2.75, 3.05) is 13.2 Å². The largest absolute Gasteiger partial charge is 0.383 e. The van der Waals surface area contributed by atoms with Gasteiger partial charge in [0, 0.05) is 6.20 Å². The van der Waals surface area contributed by atoms with Crippen LogP contribution in [-0.4, -0.2) is 23.3 Å². The van der Waals surface area contributed by atoms with Crippen molar-refractivity contribution in [3.63, 3.8) is 0 Å². The number of benzene rings is 1. The van der Waals surface area contributed by atoms with Crippen molar-refractivity contribution in [2.45, 2.75) is 12.4 Å². The summed E-state index contributed by atoms with van der Waals surface area (Å²) < 4.78 is 10.8. The van der Waals surface area contributed by atoms with Gasteiger partial charge < -0.3 is 14.6 Å². The third-order valence-corrected chi connectivity index (χ3v) is 3.82. The fraction of sp³-hybridized carbons (Fsp3) is 0.308. The summed E-state index contributed by atoms with van der Waals surface area (Å²) in [5.41, 5.74) is 0.862. The lowest BCUT2D eigenvalue weighted by atomic mass is 10.1. The Labute approximate surface area is 109 Å². The van der Waals surface area contributed by atoms with Gasteiger partial charge in [-0.15, -0.1) is 11.3 Å². The molecule has 1 fully saturated rings. The zero-order chi connectivity index (χ0) is 12.4. The Morgan fingerprint density at radius 3 is 2.67 bits per heavy atom. The maximum Gasteiger partial charge on any atom is 0.211 e. The van der Waals surface area contributed by atoms with Gasteiger partial charge in [-0.1, -0.05) is 30.3 Å². The first-order valence-corrected chi connectivity index (χ1v) is 6.58. The lowest BCUT2D eigenvalue weighted by molar-refractivity contribution is -0.0442. The number of aromatic nitrogens is 1. The van der Waals surface area contributed by atoms with Crippen LogP contribution in [0.25, 0.3) is 0 Å². The lowest BCUT2D eigenvalue weighted by Gasteiger charge is -2.07. The third kappa shape index (κ3) is 2.30. The van der Waals surface area contributed by atoms with Gasteiger partial charge in [0.25, 0.3) is 0 Å². The van der Waals surface area contributed by atoms with Gasteiger partial charge in [-0.25, -0.2) is 4.98 Å². The maximum absolute atomic E-state index is 10.2. The van der Waals surface area contributed by atoms with Crippen molar-refractivity contribution in [3.8, 4) is 0 Å². The minimum Gasteiger partial charge on any atom is -0.383 e. The van der Waals surface area contributed by atoms with E-state index in [2.05, 4.69) is 4.98 Å². The molecule has 3 rings (SSSR count). The highest BCUT2D eigenvalue weighted by Gasteiger charge is 2.23. The number of hydrogen-bond acceptors (Lipinski definition) is 5. The zero-order valence-electron chi connectivity index (χ0n) is 9.65. The van der Waals surface area contributed by atoms with Gasteiger partial charge in [0.1, 0.15) is 11.1 Å². The predicted molar refractivity (Wildman–Crippen MR) is 67.3 cm³/mol. The molecule has 1 N–H and O–H groups in total. The number of rotatable bonds is 3. The maximum atomic E-state index is 10.2. The molecule has 1 aliphatic rings. The van der Waals surface area contributed by atoms with E-state index in [4.69, 9.17) is 9.47 Å². The summed E-state index contributed by atoms with van der Waals surface area (Å²) in [5.74, 6) is 0. The number of nitrogens with zero attached hydrogens (tertiary/aromatic N) is 1. The SMILES string of the molecule is OC(c1ccccc1)c1cnc(C2OCCO2)s1. The Morgan fingerprint density at radius 1 is 1.22 bits per heavy atom. The van der Waals surface area contributed by atoms with Crippen LogP contribution in [0.4, 0.5) is 0 Å². The van der Waals surface area contributed by atoms with Crippen LogP contribution in [0.15, 0.2) is 36.5 Å². The fourth-order valence-corrected chi connectivity index (χ4v) is 2.77. The van der Waals surface area contributed by atoms with Crippen LogP contribution >= 0.6 is 11.3 Å². The average molecular weight is 263 g/mol. The molecule has 1 saturated heterocycles. The smallest absolute Gasteiger partial charge is 0.211 e. The molecular weight excluding hydrogens is 250 g/mol. The summed E-state index contributed by atoms with van der Waals surface area (Å²) in [4.78, 5) is 5.05. The van der Waals surface area contributed by atoms with Crippen molar-refractivity contribution in [2.24, 2.45) is 0 Å². The summed E-state index contributed by atoms with van der Waals surface area (Å²) in [7, 11) is 0. The monoisotopic (exact) mass is 263 g/mol. The first-order valence-electron chi connectivity index (χ1n) is 5.76. The van der Waals surface area contributed by atoms with E-state index in [1.165, 1.54) is 11.3 Å². The third-order valence-electron chi connectivity index (χ3n) is 2.75. The molecule has 5 heteroatoms. The Kier molecular flexibility index (Phi) is 3.38. The molecule has 1 aromatic carbocycles. The quantitative estimate of drug-likeness (QED) is 0.923. The Balaban J connectivity index is 1.80. The van der Waals surface area contributed by atoms with Crippen molar-refractivity contribution in [1.29, 1.82) is 0 Å². The molecule has 1 atom stereocenters. The number of ether oxygens (including phenoxy) is 2. The van der Waals surface area contributed by atoms with E-state index >= 15 is 0 Å². The van der Waals surface area contributed by atoms with Gasteiger partial charge in [0.05, 0.1) is 18.1 Å². The molecule has 0 amide bonds. The zero-order valence-corrected chi connectivity index (χ0v) is 10.5. The second kappa shape index (κ2) is 5.16. The molecule has 94 valence electrons. The second-order valence-corrected chi connectivity index (χ2v) is 5.08. The first-order chi connectivity index (χ1) is 8.84. The number of hydrogen-bond donors (Lipinski definition) is 1. The van der Waals surface area contributed by atoms with Crippen LogP contribution in [0, 0.1) is 0 Å². The summed E-state index contributed by atoms with van der Waals surface area (Å²) in [6.45, 7) is 1.20. The molecule has 2 heterocycles. The molecule has 1 aromatic heterocycles. The summed E-state index contributed by atoms with van der Waals surface area (Å²) in [5, 5.41) is 11.0. The van der Waals surface area contributed by atoms with Crippen molar-refractivity contribution in [1.82, 2.24) is 4.98 Å². The molecule has 18 heavy (non-hydrogen) atoms. The Bertz CT molecular complexity index is 508.